The largest absolute Gasteiger partial charge is 0.441 e. The van der Waals surface area contributed by atoms with Gasteiger partial charge in [-0.15, -0.1) is 0 Å². The Hall–Kier alpha value is -3.48. The Morgan fingerprint density at radius 3 is 2.89 bits per heavy atom. The first-order chi connectivity index (χ1) is 13.6. The van der Waals surface area contributed by atoms with Gasteiger partial charge in [-0.2, -0.15) is 0 Å². The van der Waals surface area contributed by atoms with Crippen LogP contribution < -0.4 is 5.32 Å². The first-order valence-electron chi connectivity index (χ1n) is 9.00. The number of hydrogen-bond donors (Lipinski definition) is 1. The highest BCUT2D eigenvalue weighted by atomic mass is 19.1. The van der Waals surface area contributed by atoms with Crippen molar-refractivity contribution in [3.63, 3.8) is 0 Å². The minimum atomic E-state index is -0.410. The van der Waals surface area contributed by atoms with Crippen molar-refractivity contribution in [2.24, 2.45) is 0 Å². The monoisotopic (exact) mass is 378 g/mol. The number of aryl methyl sites for hydroxylation is 1. The molecule has 142 valence electrons. The molecule has 0 aliphatic heterocycles. The van der Waals surface area contributed by atoms with Crippen LogP contribution in [0.5, 0.6) is 0 Å². The van der Waals surface area contributed by atoms with Crippen molar-refractivity contribution in [3.05, 3.63) is 78.0 Å². The molecule has 0 bridgehead atoms. The summed E-state index contributed by atoms with van der Waals surface area (Å²) in [6, 6.07) is 12.1. The molecule has 0 aliphatic carbocycles. The molecule has 0 saturated heterocycles. The molecular formula is C21H19FN4O2. The van der Waals surface area contributed by atoms with Crippen LogP contribution in [0, 0.1) is 12.7 Å². The Labute approximate surface area is 161 Å². The maximum atomic E-state index is 13.9. The number of aromatic nitrogens is 3. The lowest BCUT2D eigenvalue weighted by atomic mass is 10.2. The van der Waals surface area contributed by atoms with Crippen molar-refractivity contribution >= 4 is 11.4 Å². The molecule has 0 saturated carbocycles. The van der Waals surface area contributed by atoms with E-state index in [1.807, 2.05) is 28.8 Å². The first kappa shape index (κ1) is 17.9. The van der Waals surface area contributed by atoms with E-state index in [4.69, 9.17) is 4.42 Å². The predicted octanol–water partition coefficient (Wildman–Crippen LogP) is 3.34. The van der Waals surface area contributed by atoms with Gasteiger partial charge in [0.15, 0.2) is 0 Å². The second-order valence-electron chi connectivity index (χ2n) is 6.45. The quantitative estimate of drug-likeness (QED) is 0.559. The molecule has 3 aromatic heterocycles. The summed E-state index contributed by atoms with van der Waals surface area (Å²) < 4.78 is 21.4. The van der Waals surface area contributed by atoms with Crippen molar-refractivity contribution in [2.75, 3.05) is 6.54 Å². The molecule has 0 aliphatic rings. The normalized spacial score (nSPS) is 11.1. The van der Waals surface area contributed by atoms with E-state index in [0.29, 0.717) is 24.4 Å². The molecule has 4 aromatic rings. The van der Waals surface area contributed by atoms with Gasteiger partial charge in [-0.25, -0.2) is 14.4 Å². The molecule has 0 fully saturated rings. The molecule has 3 heterocycles. The number of imidazole rings is 1. The summed E-state index contributed by atoms with van der Waals surface area (Å²) >= 11 is 0. The molecule has 7 heteroatoms. The number of carbonyl (C=O) groups excluding carboxylic acids is 1. The Bertz CT molecular complexity index is 1130. The van der Waals surface area contributed by atoms with Gasteiger partial charge in [0.05, 0.1) is 29.4 Å². The first-order valence-corrected chi connectivity index (χ1v) is 9.00. The standard InChI is InChI=1S/C21H19FN4O2/c1-14-18(25-21(28-14)16-7-2-3-8-17(16)22)12-20(27)23-10-9-19-24-13-15-6-4-5-11-26(15)19/h2-8,11,13H,9-10,12H2,1H3,(H,23,27). The summed E-state index contributed by atoms with van der Waals surface area (Å²) in [5.41, 5.74) is 1.80. The molecule has 0 unspecified atom stereocenters. The number of rotatable bonds is 6. The SMILES string of the molecule is Cc1oc(-c2ccccc2F)nc1CC(=O)NCCc1ncc2ccccn12. The van der Waals surface area contributed by atoms with Crippen LogP contribution in [0.4, 0.5) is 4.39 Å². The average molecular weight is 378 g/mol. The third-order valence-electron chi connectivity index (χ3n) is 4.51. The number of carbonyl (C=O) groups is 1. The Balaban J connectivity index is 1.37. The third-order valence-corrected chi connectivity index (χ3v) is 4.51. The fourth-order valence-electron chi connectivity index (χ4n) is 3.05. The summed E-state index contributed by atoms with van der Waals surface area (Å²) in [6.45, 7) is 2.18. The molecule has 6 nitrogen and oxygen atoms in total. The average Bonchev–Trinajstić information content (AvgIpc) is 3.26. The van der Waals surface area contributed by atoms with E-state index in [1.54, 1.807) is 31.3 Å². The van der Waals surface area contributed by atoms with E-state index in [2.05, 4.69) is 15.3 Å². The van der Waals surface area contributed by atoms with Crippen molar-refractivity contribution in [2.45, 2.75) is 19.8 Å². The minimum Gasteiger partial charge on any atom is -0.441 e. The van der Waals surface area contributed by atoms with E-state index in [-0.39, 0.29) is 23.8 Å². The summed E-state index contributed by atoms with van der Waals surface area (Å²) in [4.78, 5) is 21.0. The zero-order chi connectivity index (χ0) is 19.5. The maximum Gasteiger partial charge on any atom is 0.229 e. The van der Waals surface area contributed by atoms with E-state index in [9.17, 15) is 9.18 Å². The Morgan fingerprint density at radius 2 is 2.04 bits per heavy atom. The zero-order valence-electron chi connectivity index (χ0n) is 15.4. The third kappa shape index (κ3) is 3.64. The number of benzene rings is 1. The van der Waals surface area contributed by atoms with Gasteiger partial charge in [-0.3, -0.25) is 4.79 Å². The lowest BCUT2D eigenvalue weighted by Crippen LogP contribution is -2.28. The fourth-order valence-corrected chi connectivity index (χ4v) is 3.05. The number of amides is 1. The Kier molecular flexibility index (Phi) is 4.89. The number of nitrogens with zero attached hydrogens (tertiary/aromatic N) is 3. The number of pyridine rings is 1. The maximum absolute atomic E-state index is 13.9. The number of hydrogen-bond acceptors (Lipinski definition) is 4. The van der Waals surface area contributed by atoms with Gasteiger partial charge < -0.3 is 14.1 Å². The summed E-state index contributed by atoms with van der Waals surface area (Å²) in [5.74, 6) is 0.995. The molecule has 0 spiro atoms. The van der Waals surface area contributed by atoms with Crippen LogP contribution in [-0.2, 0) is 17.6 Å². The van der Waals surface area contributed by atoms with Gasteiger partial charge in [-0.1, -0.05) is 18.2 Å². The van der Waals surface area contributed by atoms with Crippen LogP contribution in [0.15, 0.2) is 59.3 Å². The van der Waals surface area contributed by atoms with Crippen LogP contribution in [0.1, 0.15) is 17.3 Å². The van der Waals surface area contributed by atoms with E-state index in [1.165, 1.54) is 6.07 Å². The van der Waals surface area contributed by atoms with Crippen molar-refractivity contribution < 1.29 is 13.6 Å². The van der Waals surface area contributed by atoms with Crippen LogP contribution in [0.3, 0.4) is 0 Å². The second-order valence-corrected chi connectivity index (χ2v) is 6.45. The lowest BCUT2D eigenvalue weighted by molar-refractivity contribution is -0.120. The smallest absolute Gasteiger partial charge is 0.229 e. The number of fused-ring (bicyclic) bond motifs is 1. The van der Waals surface area contributed by atoms with Gasteiger partial charge in [0.25, 0.3) is 0 Å². The highest BCUT2D eigenvalue weighted by molar-refractivity contribution is 5.78. The minimum absolute atomic E-state index is 0.0755. The molecule has 4 rings (SSSR count). The predicted molar refractivity (Wildman–Crippen MR) is 102 cm³/mol. The molecule has 0 radical (unpaired) electrons. The highest BCUT2D eigenvalue weighted by Crippen LogP contribution is 2.24. The lowest BCUT2D eigenvalue weighted by Gasteiger charge is -2.04. The summed E-state index contributed by atoms with van der Waals surface area (Å²) in [6.07, 6.45) is 4.44. The fraction of sp³-hybridized carbons (Fsp3) is 0.190. The van der Waals surface area contributed by atoms with Crippen LogP contribution >= 0.6 is 0 Å². The second kappa shape index (κ2) is 7.64. The molecule has 0 atom stereocenters. The molecule has 1 aromatic carbocycles. The van der Waals surface area contributed by atoms with Gasteiger partial charge in [0.2, 0.25) is 11.8 Å². The highest BCUT2D eigenvalue weighted by Gasteiger charge is 2.16. The van der Waals surface area contributed by atoms with Crippen molar-refractivity contribution in [1.82, 2.24) is 19.7 Å². The van der Waals surface area contributed by atoms with Gasteiger partial charge in [0, 0.05) is 19.2 Å². The summed E-state index contributed by atoms with van der Waals surface area (Å²) in [7, 11) is 0. The topological polar surface area (TPSA) is 72.4 Å². The van der Waals surface area contributed by atoms with Crippen LogP contribution in [0.2, 0.25) is 0 Å². The Morgan fingerprint density at radius 1 is 1.21 bits per heavy atom. The van der Waals surface area contributed by atoms with Gasteiger partial charge in [-0.05, 0) is 31.2 Å². The molecule has 1 N–H and O–H groups in total. The van der Waals surface area contributed by atoms with E-state index >= 15 is 0 Å². The van der Waals surface area contributed by atoms with E-state index in [0.717, 1.165) is 11.3 Å². The zero-order valence-corrected chi connectivity index (χ0v) is 15.4. The van der Waals surface area contributed by atoms with Gasteiger partial charge >= 0.3 is 0 Å². The number of halogens is 1. The molecule has 28 heavy (non-hydrogen) atoms. The van der Waals surface area contributed by atoms with Gasteiger partial charge in [0.1, 0.15) is 17.4 Å². The summed E-state index contributed by atoms with van der Waals surface area (Å²) in [5, 5.41) is 2.87. The van der Waals surface area contributed by atoms with Crippen LogP contribution in [-0.4, -0.2) is 26.8 Å². The molecule has 1 amide bonds. The molecular weight excluding hydrogens is 359 g/mol. The van der Waals surface area contributed by atoms with E-state index < -0.39 is 5.82 Å². The number of oxazole rings is 1. The van der Waals surface area contributed by atoms with Crippen LogP contribution in [0.25, 0.3) is 17.0 Å². The van der Waals surface area contributed by atoms with Crippen molar-refractivity contribution in [1.29, 1.82) is 0 Å². The number of nitrogens with one attached hydrogen (secondary N) is 1. The van der Waals surface area contributed by atoms with Crippen molar-refractivity contribution in [3.8, 4) is 11.5 Å².